The summed E-state index contributed by atoms with van der Waals surface area (Å²) in [5.74, 6) is -3.82. The lowest BCUT2D eigenvalue weighted by Gasteiger charge is -2.08. The molecule has 0 amide bonds. The van der Waals surface area contributed by atoms with Crippen LogP contribution in [0.1, 0.15) is 18.5 Å². The summed E-state index contributed by atoms with van der Waals surface area (Å²) in [6.45, 7) is 1.83. The number of hydrogen-bond acceptors (Lipinski definition) is 1. The number of halogens is 4. The van der Waals surface area contributed by atoms with E-state index in [4.69, 9.17) is 5.73 Å². The molecule has 0 aliphatic carbocycles. The van der Waals surface area contributed by atoms with Gasteiger partial charge in [-0.1, -0.05) is 24.3 Å². The fraction of sp³-hybridized carbons (Fsp3) is 0.143. The number of benzene rings is 2. The van der Waals surface area contributed by atoms with Gasteiger partial charge < -0.3 is 5.73 Å². The fourth-order valence-electron chi connectivity index (χ4n) is 1.72. The van der Waals surface area contributed by atoms with Crippen LogP contribution in [-0.4, -0.2) is 0 Å². The standard InChI is InChI=1S/C14H12F3N.ClH/c1-8(18)9-2-4-10(5-3-9)11-6-7-12(15)14(17)13(11)16;/h2-8H,18H2,1H3;1H. The maximum absolute atomic E-state index is 13.6. The van der Waals surface area contributed by atoms with Crippen LogP contribution in [0.4, 0.5) is 13.2 Å². The van der Waals surface area contributed by atoms with E-state index in [1.54, 1.807) is 24.3 Å². The van der Waals surface area contributed by atoms with Crippen molar-refractivity contribution in [3.8, 4) is 11.1 Å². The van der Waals surface area contributed by atoms with E-state index >= 15 is 0 Å². The Bertz CT molecular complexity index is 568. The molecule has 2 rings (SSSR count). The molecule has 2 N–H and O–H groups in total. The molecule has 0 saturated heterocycles. The number of rotatable bonds is 2. The highest BCUT2D eigenvalue weighted by Crippen LogP contribution is 2.26. The Kier molecular flexibility index (Phi) is 4.97. The van der Waals surface area contributed by atoms with Gasteiger partial charge in [0.25, 0.3) is 0 Å². The predicted octanol–water partition coefficient (Wildman–Crippen LogP) is 4.21. The van der Waals surface area contributed by atoms with Gasteiger partial charge in [0.1, 0.15) is 0 Å². The van der Waals surface area contributed by atoms with E-state index in [9.17, 15) is 13.2 Å². The lowest BCUT2D eigenvalue weighted by Crippen LogP contribution is -2.04. The van der Waals surface area contributed by atoms with Crippen LogP contribution in [0.15, 0.2) is 36.4 Å². The Balaban J connectivity index is 0.00000180. The summed E-state index contributed by atoms with van der Waals surface area (Å²) >= 11 is 0. The lowest BCUT2D eigenvalue weighted by atomic mass is 10.0. The van der Waals surface area contributed by atoms with Crippen LogP contribution >= 0.6 is 12.4 Å². The zero-order chi connectivity index (χ0) is 13.3. The van der Waals surface area contributed by atoms with Crippen LogP contribution in [0.2, 0.25) is 0 Å². The summed E-state index contributed by atoms with van der Waals surface area (Å²) < 4.78 is 39.5. The molecule has 2 aromatic carbocycles. The van der Waals surface area contributed by atoms with Crippen molar-refractivity contribution in [3.05, 3.63) is 59.4 Å². The second-order valence-electron chi connectivity index (χ2n) is 4.13. The number of hydrogen-bond donors (Lipinski definition) is 1. The van der Waals surface area contributed by atoms with E-state index in [1.807, 2.05) is 6.92 Å². The smallest absolute Gasteiger partial charge is 0.195 e. The first-order chi connectivity index (χ1) is 8.50. The molecule has 0 fully saturated rings. The van der Waals surface area contributed by atoms with Gasteiger partial charge in [-0.2, -0.15) is 0 Å². The average Bonchev–Trinajstić information content (AvgIpc) is 2.36. The monoisotopic (exact) mass is 287 g/mol. The van der Waals surface area contributed by atoms with E-state index in [2.05, 4.69) is 0 Å². The van der Waals surface area contributed by atoms with Gasteiger partial charge in [0.15, 0.2) is 17.5 Å². The van der Waals surface area contributed by atoms with Crippen molar-refractivity contribution in [2.24, 2.45) is 5.73 Å². The minimum Gasteiger partial charge on any atom is -0.324 e. The first-order valence-corrected chi connectivity index (χ1v) is 5.50. The topological polar surface area (TPSA) is 26.0 Å². The number of nitrogens with two attached hydrogens (primary N) is 1. The van der Waals surface area contributed by atoms with Crippen molar-refractivity contribution in [3.63, 3.8) is 0 Å². The molecular formula is C14H13ClF3N. The van der Waals surface area contributed by atoms with E-state index in [0.29, 0.717) is 5.56 Å². The molecule has 102 valence electrons. The van der Waals surface area contributed by atoms with E-state index < -0.39 is 17.5 Å². The van der Waals surface area contributed by atoms with E-state index in [1.165, 1.54) is 6.07 Å². The van der Waals surface area contributed by atoms with Crippen molar-refractivity contribution in [2.45, 2.75) is 13.0 Å². The Labute approximate surface area is 115 Å². The summed E-state index contributed by atoms with van der Waals surface area (Å²) in [6, 6.07) is 8.74. The third-order valence-corrected chi connectivity index (χ3v) is 2.78. The zero-order valence-electron chi connectivity index (χ0n) is 10.2. The lowest BCUT2D eigenvalue weighted by molar-refractivity contribution is 0.449. The second kappa shape index (κ2) is 6.08. The van der Waals surface area contributed by atoms with Crippen molar-refractivity contribution < 1.29 is 13.2 Å². The van der Waals surface area contributed by atoms with Crippen LogP contribution in [0.3, 0.4) is 0 Å². The predicted molar refractivity (Wildman–Crippen MR) is 71.6 cm³/mol. The summed E-state index contributed by atoms with van der Waals surface area (Å²) in [5, 5.41) is 0. The molecule has 19 heavy (non-hydrogen) atoms. The van der Waals surface area contributed by atoms with Gasteiger partial charge in [-0.05, 0) is 30.2 Å². The third-order valence-electron chi connectivity index (χ3n) is 2.78. The van der Waals surface area contributed by atoms with Gasteiger partial charge >= 0.3 is 0 Å². The molecule has 1 atom stereocenters. The molecule has 0 spiro atoms. The van der Waals surface area contributed by atoms with Crippen LogP contribution in [0, 0.1) is 17.5 Å². The van der Waals surface area contributed by atoms with Gasteiger partial charge in [0.2, 0.25) is 0 Å². The Morgan fingerprint density at radius 2 is 1.47 bits per heavy atom. The first-order valence-electron chi connectivity index (χ1n) is 5.50. The van der Waals surface area contributed by atoms with Crippen molar-refractivity contribution in [2.75, 3.05) is 0 Å². The van der Waals surface area contributed by atoms with Crippen molar-refractivity contribution in [1.29, 1.82) is 0 Å². The van der Waals surface area contributed by atoms with E-state index in [0.717, 1.165) is 11.6 Å². The Hall–Kier alpha value is -1.52. The Morgan fingerprint density at radius 1 is 0.895 bits per heavy atom. The molecule has 1 nitrogen and oxygen atoms in total. The zero-order valence-corrected chi connectivity index (χ0v) is 11.0. The molecule has 0 saturated carbocycles. The summed E-state index contributed by atoms with van der Waals surface area (Å²) in [6.07, 6.45) is 0. The van der Waals surface area contributed by atoms with Gasteiger partial charge in [-0.25, -0.2) is 13.2 Å². The van der Waals surface area contributed by atoms with Crippen LogP contribution in [-0.2, 0) is 0 Å². The van der Waals surface area contributed by atoms with Crippen molar-refractivity contribution in [1.82, 2.24) is 0 Å². The van der Waals surface area contributed by atoms with Crippen molar-refractivity contribution >= 4 is 12.4 Å². The molecular weight excluding hydrogens is 275 g/mol. The molecule has 1 unspecified atom stereocenters. The minimum atomic E-state index is -1.45. The molecule has 0 aliphatic heterocycles. The van der Waals surface area contributed by atoms with Gasteiger partial charge in [0, 0.05) is 11.6 Å². The molecule has 0 aromatic heterocycles. The van der Waals surface area contributed by atoms with Gasteiger partial charge in [-0.15, -0.1) is 12.4 Å². The average molecular weight is 288 g/mol. The Morgan fingerprint density at radius 3 is 2.00 bits per heavy atom. The summed E-state index contributed by atoms with van der Waals surface area (Å²) in [5.41, 5.74) is 7.10. The molecule has 0 bridgehead atoms. The van der Waals surface area contributed by atoms with Gasteiger partial charge in [-0.3, -0.25) is 0 Å². The quantitative estimate of drug-likeness (QED) is 0.823. The SMILES string of the molecule is CC(N)c1ccc(-c2ccc(F)c(F)c2F)cc1.Cl. The molecule has 0 aliphatic rings. The highest BCUT2D eigenvalue weighted by atomic mass is 35.5. The second-order valence-corrected chi connectivity index (χ2v) is 4.13. The van der Waals surface area contributed by atoms with Gasteiger partial charge in [0.05, 0.1) is 0 Å². The highest BCUT2D eigenvalue weighted by molar-refractivity contribution is 5.85. The maximum atomic E-state index is 13.6. The fourth-order valence-corrected chi connectivity index (χ4v) is 1.72. The summed E-state index contributed by atoms with van der Waals surface area (Å²) in [7, 11) is 0. The first kappa shape index (κ1) is 15.5. The van der Waals surface area contributed by atoms with Crippen LogP contribution < -0.4 is 5.73 Å². The molecule has 5 heteroatoms. The third kappa shape index (κ3) is 3.08. The summed E-state index contributed by atoms with van der Waals surface area (Å²) in [4.78, 5) is 0. The molecule has 0 heterocycles. The van der Waals surface area contributed by atoms with Crippen LogP contribution in [0.25, 0.3) is 11.1 Å². The van der Waals surface area contributed by atoms with Crippen LogP contribution in [0.5, 0.6) is 0 Å². The highest BCUT2D eigenvalue weighted by Gasteiger charge is 2.14. The normalized spacial score (nSPS) is 11.8. The largest absolute Gasteiger partial charge is 0.324 e. The molecule has 0 radical (unpaired) electrons. The molecule has 2 aromatic rings. The minimum absolute atomic E-state index is 0. The maximum Gasteiger partial charge on any atom is 0.195 e. The van der Waals surface area contributed by atoms with E-state index in [-0.39, 0.29) is 24.0 Å².